The molecule has 8 heteroatoms. The van der Waals surface area contributed by atoms with E-state index < -0.39 is 0 Å². The van der Waals surface area contributed by atoms with E-state index in [1.807, 2.05) is 43.3 Å². The molecule has 3 heterocycles. The summed E-state index contributed by atoms with van der Waals surface area (Å²) in [5.41, 5.74) is 1.57. The zero-order chi connectivity index (χ0) is 21.4. The van der Waals surface area contributed by atoms with Crippen molar-refractivity contribution < 1.29 is 9.15 Å². The van der Waals surface area contributed by atoms with Crippen molar-refractivity contribution in [2.45, 2.75) is 6.92 Å². The van der Waals surface area contributed by atoms with Gasteiger partial charge in [-0.05, 0) is 67.6 Å². The number of fused-ring (bicyclic) bond motifs is 1. The molecule has 0 fully saturated rings. The van der Waals surface area contributed by atoms with Crippen molar-refractivity contribution in [2.75, 3.05) is 6.61 Å². The van der Waals surface area contributed by atoms with Crippen molar-refractivity contribution in [1.82, 2.24) is 19.3 Å². The van der Waals surface area contributed by atoms with Gasteiger partial charge in [-0.3, -0.25) is 9.36 Å². The second-order valence-corrected chi connectivity index (χ2v) is 7.19. The van der Waals surface area contributed by atoms with Crippen molar-refractivity contribution in [1.29, 1.82) is 0 Å². The van der Waals surface area contributed by atoms with E-state index in [2.05, 4.69) is 5.10 Å². The largest absolute Gasteiger partial charge is 0.494 e. The molecule has 0 N–H and O–H groups in total. The van der Waals surface area contributed by atoms with Crippen LogP contribution in [0.3, 0.4) is 0 Å². The standard InChI is InChI=1S/C23H17ClN4O3/c1-2-30-18-11-9-16(10-12-18)27-22(20-4-3-13-31-20)26-21-19(23(27)29)14-25-28(21)17-7-5-15(24)6-8-17/h3-14H,2H2,1H3. The Kier molecular flexibility index (Phi) is 4.80. The van der Waals surface area contributed by atoms with E-state index in [1.165, 1.54) is 10.8 Å². The summed E-state index contributed by atoms with van der Waals surface area (Å²) in [6.07, 6.45) is 3.07. The topological polar surface area (TPSA) is 75.1 Å². The summed E-state index contributed by atoms with van der Waals surface area (Å²) in [5, 5.41) is 5.40. The molecule has 2 aromatic carbocycles. The lowest BCUT2D eigenvalue weighted by Gasteiger charge is -2.12. The molecule has 0 saturated heterocycles. The number of aromatic nitrogens is 4. The Bertz CT molecular complexity index is 1400. The number of nitrogens with zero attached hydrogens (tertiary/aromatic N) is 4. The number of halogens is 1. The van der Waals surface area contributed by atoms with E-state index in [9.17, 15) is 4.79 Å². The first-order chi connectivity index (χ1) is 15.2. The quantitative estimate of drug-likeness (QED) is 0.395. The lowest BCUT2D eigenvalue weighted by Crippen LogP contribution is -2.21. The normalized spacial score (nSPS) is 11.2. The zero-order valence-corrected chi connectivity index (χ0v) is 17.3. The van der Waals surface area contributed by atoms with Crippen molar-refractivity contribution >= 4 is 22.6 Å². The van der Waals surface area contributed by atoms with Crippen molar-refractivity contribution in [3.63, 3.8) is 0 Å². The maximum atomic E-state index is 13.5. The van der Waals surface area contributed by atoms with E-state index in [1.54, 1.807) is 35.2 Å². The molecule has 0 aliphatic carbocycles. The fourth-order valence-electron chi connectivity index (χ4n) is 3.41. The van der Waals surface area contributed by atoms with Gasteiger partial charge in [0.25, 0.3) is 5.56 Å². The van der Waals surface area contributed by atoms with Crippen LogP contribution in [0.4, 0.5) is 0 Å². The summed E-state index contributed by atoms with van der Waals surface area (Å²) < 4.78 is 14.2. The lowest BCUT2D eigenvalue weighted by molar-refractivity contribution is 0.340. The summed E-state index contributed by atoms with van der Waals surface area (Å²) in [5.74, 6) is 1.57. The Morgan fingerprint density at radius 3 is 2.45 bits per heavy atom. The van der Waals surface area contributed by atoms with Crippen molar-refractivity contribution in [3.05, 3.63) is 88.5 Å². The third-order valence-corrected chi connectivity index (χ3v) is 5.07. The number of ether oxygens (including phenoxy) is 1. The Labute approximate surface area is 182 Å². The molecule has 7 nitrogen and oxygen atoms in total. The van der Waals surface area contributed by atoms with E-state index >= 15 is 0 Å². The second-order valence-electron chi connectivity index (χ2n) is 6.75. The van der Waals surface area contributed by atoms with Gasteiger partial charge in [-0.15, -0.1) is 0 Å². The molecule has 0 aliphatic heterocycles. The molecule has 0 saturated carbocycles. The van der Waals surface area contributed by atoms with Gasteiger partial charge in [0.15, 0.2) is 17.2 Å². The fraction of sp³-hybridized carbons (Fsp3) is 0.0870. The summed E-state index contributed by atoms with van der Waals surface area (Å²) in [4.78, 5) is 18.3. The summed E-state index contributed by atoms with van der Waals surface area (Å²) in [6.45, 7) is 2.48. The Morgan fingerprint density at radius 1 is 1.03 bits per heavy atom. The van der Waals surface area contributed by atoms with Gasteiger partial charge in [-0.2, -0.15) is 5.10 Å². The first kappa shape index (κ1) is 19.1. The van der Waals surface area contributed by atoms with Gasteiger partial charge in [-0.1, -0.05) is 11.6 Å². The molecule has 5 aromatic rings. The molecule has 154 valence electrons. The van der Waals surface area contributed by atoms with E-state index in [0.29, 0.717) is 39.9 Å². The van der Waals surface area contributed by atoms with Gasteiger partial charge in [0, 0.05) is 5.02 Å². The molecule has 5 rings (SSSR count). The maximum Gasteiger partial charge on any atom is 0.269 e. The molecule has 0 unspecified atom stereocenters. The smallest absolute Gasteiger partial charge is 0.269 e. The number of rotatable bonds is 5. The molecule has 0 radical (unpaired) electrons. The minimum Gasteiger partial charge on any atom is -0.494 e. The minimum atomic E-state index is -0.249. The summed E-state index contributed by atoms with van der Waals surface area (Å²) >= 11 is 6.01. The second kappa shape index (κ2) is 7.77. The highest BCUT2D eigenvalue weighted by atomic mass is 35.5. The highest BCUT2D eigenvalue weighted by molar-refractivity contribution is 6.30. The van der Waals surface area contributed by atoms with E-state index in [0.717, 1.165) is 11.4 Å². The first-order valence-corrected chi connectivity index (χ1v) is 10.1. The van der Waals surface area contributed by atoms with Crippen LogP contribution >= 0.6 is 11.6 Å². The van der Waals surface area contributed by atoms with Gasteiger partial charge in [-0.25, -0.2) is 9.67 Å². The van der Waals surface area contributed by atoms with Gasteiger partial charge >= 0.3 is 0 Å². The molecule has 0 bridgehead atoms. The van der Waals surface area contributed by atoms with Crippen LogP contribution in [0.1, 0.15) is 6.92 Å². The van der Waals surface area contributed by atoms with Crippen LogP contribution in [-0.4, -0.2) is 25.9 Å². The fourth-order valence-corrected chi connectivity index (χ4v) is 3.53. The van der Waals surface area contributed by atoms with Crippen LogP contribution in [0, 0.1) is 0 Å². The number of hydrogen-bond acceptors (Lipinski definition) is 5. The van der Waals surface area contributed by atoms with Crippen molar-refractivity contribution in [3.8, 4) is 28.7 Å². The lowest BCUT2D eigenvalue weighted by atomic mass is 10.2. The molecule has 3 aromatic heterocycles. The van der Waals surface area contributed by atoms with Gasteiger partial charge in [0.2, 0.25) is 0 Å². The van der Waals surface area contributed by atoms with Crippen molar-refractivity contribution in [2.24, 2.45) is 0 Å². The molecule has 0 amide bonds. The van der Waals surface area contributed by atoms with Crippen LogP contribution in [0.15, 0.2) is 82.3 Å². The van der Waals surface area contributed by atoms with E-state index in [-0.39, 0.29) is 5.56 Å². The Balaban J connectivity index is 1.76. The number of furan rings is 1. The van der Waals surface area contributed by atoms with Crippen LogP contribution in [-0.2, 0) is 0 Å². The predicted molar refractivity (Wildman–Crippen MR) is 118 cm³/mol. The van der Waals surface area contributed by atoms with Crippen LogP contribution in [0.25, 0.3) is 34.0 Å². The monoisotopic (exact) mass is 432 g/mol. The third-order valence-electron chi connectivity index (χ3n) is 4.82. The Morgan fingerprint density at radius 2 is 1.77 bits per heavy atom. The molecule has 0 atom stereocenters. The summed E-state index contributed by atoms with van der Waals surface area (Å²) in [6, 6.07) is 18.0. The first-order valence-electron chi connectivity index (χ1n) is 9.69. The SMILES string of the molecule is CCOc1ccc(-n2c(-c3ccco3)nc3c(cnn3-c3ccc(Cl)cc3)c2=O)cc1. The average Bonchev–Trinajstić information content (AvgIpc) is 3.46. The van der Waals surface area contributed by atoms with Crippen LogP contribution in [0.5, 0.6) is 5.75 Å². The van der Waals surface area contributed by atoms with Gasteiger partial charge < -0.3 is 9.15 Å². The van der Waals surface area contributed by atoms with Crippen LogP contribution in [0.2, 0.25) is 5.02 Å². The van der Waals surface area contributed by atoms with Gasteiger partial charge in [0.05, 0.1) is 30.4 Å². The van der Waals surface area contributed by atoms with E-state index in [4.69, 9.17) is 25.7 Å². The average molecular weight is 433 g/mol. The Hall–Kier alpha value is -3.84. The van der Waals surface area contributed by atoms with Crippen LogP contribution < -0.4 is 10.3 Å². The minimum absolute atomic E-state index is 0.249. The molecule has 0 aliphatic rings. The number of hydrogen-bond donors (Lipinski definition) is 0. The molecule has 0 spiro atoms. The maximum absolute atomic E-state index is 13.5. The molecular weight excluding hydrogens is 416 g/mol. The molecular formula is C23H17ClN4O3. The predicted octanol–water partition coefficient (Wildman–Crippen LogP) is 4.88. The summed E-state index contributed by atoms with van der Waals surface area (Å²) in [7, 11) is 0. The highest BCUT2D eigenvalue weighted by Crippen LogP contribution is 2.25. The third kappa shape index (κ3) is 3.39. The number of benzene rings is 2. The van der Waals surface area contributed by atoms with Gasteiger partial charge in [0.1, 0.15) is 11.1 Å². The zero-order valence-electron chi connectivity index (χ0n) is 16.5. The highest BCUT2D eigenvalue weighted by Gasteiger charge is 2.20. The molecule has 31 heavy (non-hydrogen) atoms.